The maximum absolute atomic E-state index is 12.5. The molecule has 0 radical (unpaired) electrons. The fourth-order valence-electron chi connectivity index (χ4n) is 4.05. The van der Waals surface area contributed by atoms with Crippen LogP contribution in [0.25, 0.3) is 0 Å². The number of carbonyl (C=O) groups is 1. The van der Waals surface area contributed by atoms with E-state index in [2.05, 4.69) is 4.98 Å². The SMILES string of the molecule is Cc1nccn1CC(=O)N1C[C@H]2CC(Oc3ccccc3)C[C@H]2C1. The van der Waals surface area contributed by atoms with Crippen molar-refractivity contribution >= 4 is 5.91 Å². The van der Waals surface area contributed by atoms with Crippen LogP contribution in [0.4, 0.5) is 0 Å². The van der Waals surface area contributed by atoms with Crippen molar-refractivity contribution in [2.75, 3.05) is 13.1 Å². The van der Waals surface area contributed by atoms with Crippen molar-refractivity contribution in [1.29, 1.82) is 0 Å². The zero-order valence-corrected chi connectivity index (χ0v) is 14.0. The molecule has 1 saturated carbocycles. The normalized spacial score (nSPS) is 25.7. The Hall–Kier alpha value is -2.30. The van der Waals surface area contributed by atoms with Gasteiger partial charge in [0.05, 0.1) is 6.10 Å². The molecule has 1 aliphatic carbocycles. The van der Waals surface area contributed by atoms with Crippen LogP contribution in [0.3, 0.4) is 0 Å². The average molecular weight is 325 g/mol. The summed E-state index contributed by atoms with van der Waals surface area (Å²) in [5.74, 6) is 3.19. The number of carbonyl (C=O) groups excluding carboxylic acids is 1. The molecule has 126 valence electrons. The molecule has 1 amide bonds. The molecule has 5 heteroatoms. The van der Waals surface area contributed by atoms with E-state index < -0.39 is 0 Å². The van der Waals surface area contributed by atoms with Crippen molar-refractivity contribution < 1.29 is 9.53 Å². The standard InChI is InChI=1S/C19H23N3O2/c1-14-20-7-8-21(14)13-19(23)22-11-15-9-18(10-16(15)12-22)24-17-5-3-2-4-6-17/h2-8,15-16,18H,9-13H2,1H3/t15-,16+,18?. The second-order valence-electron chi connectivity index (χ2n) is 6.95. The number of amides is 1. The molecule has 0 N–H and O–H groups in total. The number of rotatable bonds is 4. The van der Waals surface area contributed by atoms with Gasteiger partial charge in [0.15, 0.2) is 0 Å². The molecule has 2 aliphatic rings. The van der Waals surface area contributed by atoms with Gasteiger partial charge in [0.2, 0.25) is 5.91 Å². The number of aromatic nitrogens is 2. The smallest absolute Gasteiger partial charge is 0.242 e. The van der Waals surface area contributed by atoms with Crippen molar-refractivity contribution in [3.63, 3.8) is 0 Å². The minimum atomic E-state index is 0.200. The molecule has 5 nitrogen and oxygen atoms in total. The van der Waals surface area contributed by atoms with E-state index in [4.69, 9.17) is 4.74 Å². The number of imidazole rings is 1. The molecule has 1 aliphatic heterocycles. The van der Waals surface area contributed by atoms with Crippen LogP contribution < -0.4 is 4.74 Å². The third-order valence-corrected chi connectivity index (χ3v) is 5.34. The van der Waals surface area contributed by atoms with Crippen molar-refractivity contribution in [1.82, 2.24) is 14.5 Å². The van der Waals surface area contributed by atoms with Crippen LogP contribution >= 0.6 is 0 Å². The molecule has 4 rings (SSSR count). The molecule has 1 unspecified atom stereocenters. The van der Waals surface area contributed by atoms with Gasteiger partial charge in [0.1, 0.15) is 18.1 Å². The monoisotopic (exact) mass is 325 g/mol. The highest BCUT2D eigenvalue weighted by molar-refractivity contribution is 5.76. The molecule has 2 fully saturated rings. The van der Waals surface area contributed by atoms with E-state index in [1.54, 1.807) is 6.20 Å². The molecule has 1 aromatic heterocycles. The van der Waals surface area contributed by atoms with Gasteiger partial charge in [-0.15, -0.1) is 0 Å². The van der Waals surface area contributed by atoms with Crippen molar-refractivity contribution in [3.05, 3.63) is 48.5 Å². The summed E-state index contributed by atoms with van der Waals surface area (Å²) in [7, 11) is 0. The Bertz CT molecular complexity index is 698. The number of nitrogens with zero attached hydrogens (tertiary/aromatic N) is 3. The molecule has 3 atom stereocenters. The number of aryl methyl sites for hydroxylation is 1. The first-order valence-corrected chi connectivity index (χ1v) is 8.66. The molecule has 0 spiro atoms. The Kier molecular flexibility index (Phi) is 4.00. The number of likely N-dealkylation sites (tertiary alicyclic amines) is 1. The van der Waals surface area contributed by atoms with E-state index in [0.29, 0.717) is 18.4 Å². The average Bonchev–Trinajstić information content (AvgIpc) is 3.24. The van der Waals surface area contributed by atoms with E-state index in [0.717, 1.165) is 37.5 Å². The van der Waals surface area contributed by atoms with Gasteiger partial charge < -0.3 is 14.2 Å². The van der Waals surface area contributed by atoms with Gasteiger partial charge in [-0.1, -0.05) is 18.2 Å². The molecule has 1 saturated heterocycles. The highest BCUT2D eigenvalue weighted by Crippen LogP contribution is 2.39. The Morgan fingerprint density at radius 2 is 1.92 bits per heavy atom. The van der Waals surface area contributed by atoms with E-state index in [1.165, 1.54) is 0 Å². The zero-order valence-electron chi connectivity index (χ0n) is 14.0. The van der Waals surface area contributed by atoms with Crippen LogP contribution in [0.15, 0.2) is 42.7 Å². The molecule has 24 heavy (non-hydrogen) atoms. The summed E-state index contributed by atoms with van der Waals surface area (Å²) < 4.78 is 8.01. The topological polar surface area (TPSA) is 47.4 Å². The van der Waals surface area contributed by atoms with Crippen LogP contribution in [-0.2, 0) is 11.3 Å². The third-order valence-electron chi connectivity index (χ3n) is 5.34. The van der Waals surface area contributed by atoms with Crippen molar-refractivity contribution in [3.8, 4) is 5.75 Å². The summed E-state index contributed by atoms with van der Waals surface area (Å²) >= 11 is 0. The summed E-state index contributed by atoms with van der Waals surface area (Å²) in [5.41, 5.74) is 0. The lowest BCUT2D eigenvalue weighted by Gasteiger charge is -2.20. The van der Waals surface area contributed by atoms with Gasteiger partial charge in [-0.3, -0.25) is 4.79 Å². The number of hydrogen-bond acceptors (Lipinski definition) is 3. The highest BCUT2D eigenvalue weighted by Gasteiger charge is 2.43. The Morgan fingerprint density at radius 3 is 2.54 bits per heavy atom. The van der Waals surface area contributed by atoms with Crippen molar-refractivity contribution in [2.45, 2.75) is 32.4 Å². The van der Waals surface area contributed by atoms with E-state index in [1.807, 2.05) is 52.9 Å². The Balaban J connectivity index is 1.31. The lowest BCUT2D eigenvalue weighted by molar-refractivity contribution is -0.131. The van der Waals surface area contributed by atoms with Crippen LogP contribution in [0.5, 0.6) is 5.75 Å². The van der Waals surface area contributed by atoms with Crippen LogP contribution in [0.2, 0.25) is 0 Å². The first-order chi connectivity index (χ1) is 11.7. The van der Waals surface area contributed by atoms with E-state index >= 15 is 0 Å². The highest BCUT2D eigenvalue weighted by atomic mass is 16.5. The maximum atomic E-state index is 12.5. The van der Waals surface area contributed by atoms with Gasteiger partial charge >= 0.3 is 0 Å². The van der Waals surface area contributed by atoms with E-state index in [9.17, 15) is 4.79 Å². The minimum Gasteiger partial charge on any atom is -0.490 e. The fourth-order valence-corrected chi connectivity index (χ4v) is 4.05. The van der Waals surface area contributed by atoms with E-state index in [-0.39, 0.29) is 12.0 Å². The Labute approximate surface area is 142 Å². The first-order valence-electron chi connectivity index (χ1n) is 8.66. The third kappa shape index (κ3) is 3.03. The van der Waals surface area contributed by atoms with Gasteiger partial charge in [0, 0.05) is 25.5 Å². The van der Waals surface area contributed by atoms with Crippen molar-refractivity contribution in [2.24, 2.45) is 11.8 Å². The predicted octanol–water partition coefficient (Wildman–Crippen LogP) is 2.51. The molecular formula is C19H23N3O2. The minimum absolute atomic E-state index is 0.200. The molecular weight excluding hydrogens is 302 g/mol. The summed E-state index contributed by atoms with van der Waals surface area (Å²) in [4.78, 5) is 18.7. The number of para-hydroxylation sites is 1. The number of ether oxygens (including phenoxy) is 1. The quantitative estimate of drug-likeness (QED) is 0.868. The zero-order chi connectivity index (χ0) is 16.5. The lowest BCUT2D eigenvalue weighted by atomic mass is 10.0. The Morgan fingerprint density at radius 1 is 1.21 bits per heavy atom. The second kappa shape index (κ2) is 6.30. The number of hydrogen-bond donors (Lipinski definition) is 0. The second-order valence-corrected chi connectivity index (χ2v) is 6.95. The molecule has 2 aromatic rings. The maximum Gasteiger partial charge on any atom is 0.242 e. The fraction of sp³-hybridized carbons (Fsp3) is 0.474. The van der Waals surface area contributed by atoms with Crippen LogP contribution in [0.1, 0.15) is 18.7 Å². The first kappa shape index (κ1) is 15.2. The summed E-state index contributed by atoms with van der Waals surface area (Å²) in [6.45, 7) is 4.06. The molecule has 2 heterocycles. The van der Waals surface area contributed by atoms with Crippen LogP contribution in [-0.4, -0.2) is 39.6 Å². The summed E-state index contributed by atoms with van der Waals surface area (Å²) in [6.07, 6.45) is 6.00. The van der Waals surface area contributed by atoms with Gasteiger partial charge in [-0.25, -0.2) is 4.98 Å². The number of benzene rings is 1. The van der Waals surface area contributed by atoms with Gasteiger partial charge in [0.25, 0.3) is 0 Å². The van der Waals surface area contributed by atoms with Crippen LogP contribution in [0, 0.1) is 18.8 Å². The molecule has 1 aromatic carbocycles. The lowest BCUT2D eigenvalue weighted by Crippen LogP contribution is -2.33. The largest absolute Gasteiger partial charge is 0.490 e. The molecule has 0 bridgehead atoms. The summed E-state index contributed by atoms with van der Waals surface area (Å²) in [5, 5.41) is 0. The number of fused-ring (bicyclic) bond motifs is 1. The summed E-state index contributed by atoms with van der Waals surface area (Å²) in [6, 6.07) is 10.0. The predicted molar refractivity (Wildman–Crippen MR) is 90.6 cm³/mol. The van der Waals surface area contributed by atoms with Gasteiger partial charge in [-0.2, -0.15) is 0 Å². The van der Waals surface area contributed by atoms with Gasteiger partial charge in [-0.05, 0) is 43.7 Å².